The number of nitrogens with zero attached hydrogens (tertiary/aromatic N) is 5. The van der Waals surface area contributed by atoms with Gasteiger partial charge in [0.25, 0.3) is 12.0 Å². The van der Waals surface area contributed by atoms with Crippen LogP contribution in [-0.2, 0) is 0 Å². The van der Waals surface area contributed by atoms with E-state index in [9.17, 15) is 18.0 Å². The summed E-state index contributed by atoms with van der Waals surface area (Å²) in [5.41, 5.74) is 0.354. The molecule has 0 atom stereocenters. The van der Waals surface area contributed by atoms with Crippen LogP contribution in [0.25, 0.3) is 10.9 Å². The number of para-hydroxylation sites is 1. The van der Waals surface area contributed by atoms with Crippen LogP contribution in [0.2, 0.25) is 0 Å². The summed E-state index contributed by atoms with van der Waals surface area (Å²) in [6.45, 7) is 1.98. The monoisotopic (exact) mass is 526 g/mol. The van der Waals surface area contributed by atoms with Gasteiger partial charge < -0.3 is 25.3 Å². The van der Waals surface area contributed by atoms with Gasteiger partial charge in [0.2, 0.25) is 5.95 Å². The summed E-state index contributed by atoms with van der Waals surface area (Å²) in [7, 11) is 1.53. The molecule has 0 amide bonds. The fourth-order valence-electron chi connectivity index (χ4n) is 4.25. The number of aromatic nitrogens is 4. The molecule has 5 rings (SSSR count). The molecule has 1 saturated heterocycles. The predicted molar refractivity (Wildman–Crippen MR) is 139 cm³/mol. The van der Waals surface area contributed by atoms with Crippen LogP contribution in [-0.4, -0.2) is 71.1 Å². The first-order valence-electron chi connectivity index (χ1n) is 11.9. The molecule has 0 unspecified atom stereocenters. The number of anilines is 5. The minimum Gasteiger partial charge on any atom is -0.494 e. The van der Waals surface area contributed by atoms with Crippen molar-refractivity contribution in [2.75, 3.05) is 55.4 Å². The number of ether oxygens (including phenoxy) is 1. The smallest absolute Gasteiger partial charge is 0.272 e. The minimum absolute atomic E-state index is 0.131. The van der Waals surface area contributed by atoms with Crippen molar-refractivity contribution in [3.63, 3.8) is 0 Å². The molecular formula is C25H25F3N8O2. The molecule has 0 bridgehead atoms. The fourth-order valence-corrected chi connectivity index (χ4v) is 4.25. The Kier molecular flexibility index (Phi) is 7.26. The second-order valence-corrected chi connectivity index (χ2v) is 8.65. The predicted octanol–water partition coefficient (Wildman–Crippen LogP) is 3.74. The van der Waals surface area contributed by atoms with Crippen LogP contribution in [0.5, 0.6) is 5.75 Å². The molecule has 0 spiro atoms. The second-order valence-electron chi connectivity index (χ2n) is 8.65. The maximum atomic E-state index is 14.0. The van der Waals surface area contributed by atoms with Crippen LogP contribution in [0.4, 0.5) is 42.1 Å². The molecule has 1 aliphatic rings. The first kappa shape index (κ1) is 25.3. The van der Waals surface area contributed by atoms with Crippen LogP contribution in [0.1, 0.15) is 0 Å². The SMILES string of the molecule is COc1cc(N2CCN(CC(F)F)CC2)ncc1Nc1nccc(Nc2cc3cccc(F)c3[nH]c2=O)n1. The van der Waals surface area contributed by atoms with E-state index in [0.717, 1.165) is 0 Å². The van der Waals surface area contributed by atoms with E-state index in [-0.39, 0.29) is 23.7 Å². The van der Waals surface area contributed by atoms with Crippen molar-refractivity contribution < 1.29 is 17.9 Å². The Morgan fingerprint density at radius 1 is 1.08 bits per heavy atom. The minimum atomic E-state index is -2.35. The van der Waals surface area contributed by atoms with Gasteiger partial charge in [-0.05, 0) is 18.2 Å². The van der Waals surface area contributed by atoms with Gasteiger partial charge in [-0.15, -0.1) is 0 Å². The molecule has 13 heteroatoms. The lowest BCUT2D eigenvalue weighted by Crippen LogP contribution is -2.48. The van der Waals surface area contributed by atoms with Gasteiger partial charge >= 0.3 is 0 Å². The molecule has 0 saturated carbocycles. The fraction of sp³-hybridized carbons (Fsp3) is 0.280. The highest BCUT2D eigenvalue weighted by Gasteiger charge is 2.21. The van der Waals surface area contributed by atoms with Crippen molar-refractivity contribution in [3.8, 4) is 5.75 Å². The van der Waals surface area contributed by atoms with Crippen LogP contribution in [0.3, 0.4) is 0 Å². The Bertz CT molecular complexity index is 1490. The van der Waals surface area contributed by atoms with E-state index in [2.05, 4.69) is 30.6 Å². The Labute approximate surface area is 215 Å². The second kappa shape index (κ2) is 10.9. The summed E-state index contributed by atoms with van der Waals surface area (Å²) in [5.74, 6) is 1.23. The van der Waals surface area contributed by atoms with Crippen LogP contribution in [0, 0.1) is 5.82 Å². The zero-order valence-corrected chi connectivity index (χ0v) is 20.4. The van der Waals surface area contributed by atoms with Crippen LogP contribution < -0.4 is 25.8 Å². The summed E-state index contributed by atoms with van der Waals surface area (Å²) in [6.07, 6.45) is 0.754. The molecule has 3 aromatic heterocycles. The molecule has 198 valence electrons. The van der Waals surface area contributed by atoms with E-state index >= 15 is 0 Å². The lowest BCUT2D eigenvalue weighted by Gasteiger charge is -2.35. The molecule has 4 aromatic rings. The Hall–Kier alpha value is -4.39. The van der Waals surface area contributed by atoms with E-state index in [0.29, 0.717) is 54.6 Å². The molecule has 3 N–H and O–H groups in total. The first-order valence-corrected chi connectivity index (χ1v) is 11.9. The van der Waals surface area contributed by atoms with Gasteiger partial charge in [0, 0.05) is 43.8 Å². The molecule has 1 fully saturated rings. The lowest BCUT2D eigenvalue weighted by molar-refractivity contribution is 0.0853. The number of benzene rings is 1. The summed E-state index contributed by atoms with van der Waals surface area (Å²) >= 11 is 0. The molecule has 38 heavy (non-hydrogen) atoms. The van der Waals surface area contributed by atoms with E-state index in [4.69, 9.17) is 4.74 Å². The van der Waals surface area contributed by atoms with E-state index < -0.39 is 17.8 Å². The summed E-state index contributed by atoms with van der Waals surface area (Å²) < 4.78 is 44.8. The molecule has 4 heterocycles. The average Bonchev–Trinajstić information content (AvgIpc) is 2.90. The highest BCUT2D eigenvalue weighted by atomic mass is 19.3. The average molecular weight is 527 g/mol. The van der Waals surface area contributed by atoms with E-state index in [1.807, 2.05) is 4.90 Å². The Balaban J connectivity index is 1.30. The van der Waals surface area contributed by atoms with Crippen LogP contribution in [0.15, 0.2) is 53.6 Å². The molecule has 1 aliphatic heterocycles. The third kappa shape index (κ3) is 5.62. The number of rotatable bonds is 8. The highest BCUT2D eigenvalue weighted by molar-refractivity contribution is 5.82. The quantitative estimate of drug-likeness (QED) is 0.316. The van der Waals surface area contributed by atoms with Gasteiger partial charge in [-0.2, -0.15) is 4.98 Å². The van der Waals surface area contributed by atoms with Crippen LogP contribution >= 0.6 is 0 Å². The molecule has 10 nitrogen and oxygen atoms in total. The highest BCUT2D eigenvalue weighted by Crippen LogP contribution is 2.30. The van der Waals surface area contributed by atoms with Crippen molar-refractivity contribution in [1.82, 2.24) is 24.8 Å². The zero-order chi connectivity index (χ0) is 26.6. The van der Waals surface area contributed by atoms with Gasteiger partial charge in [0.15, 0.2) is 0 Å². The van der Waals surface area contributed by atoms with E-state index in [1.54, 1.807) is 41.4 Å². The number of pyridine rings is 2. The van der Waals surface area contributed by atoms with Gasteiger partial charge in [0.1, 0.15) is 34.6 Å². The van der Waals surface area contributed by atoms with Crippen molar-refractivity contribution in [2.24, 2.45) is 0 Å². The molecular weight excluding hydrogens is 501 g/mol. The largest absolute Gasteiger partial charge is 0.494 e. The first-order chi connectivity index (χ1) is 18.4. The number of alkyl halides is 2. The van der Waals surface area contributed by atoms with Gasteiger partial charge in [-0.1, -0.05) is 12.1 Å². The number of hydrogen-bond donors (Lipinski definition) is 3. The number of nitrogens with one attached hydrogen (secondary N) is 3. The zero-order valence-electron chi connectivity index (χ0n) is 20.4. The normalized spacial score (nSPS) is 14.2. The maximum Gasteiger partial charge on any atom is 0.272 e. The van der Waals surface area contributed by atoms with Gasteiger partial charge in [-0.3, -0.25) is 9.69 Å². The standard InChI is InChI=1S/C25H25F3N8O2/c1-38-19-12-22(36-9-7-35(8-10-36)14-20(27)28)30-13-18(19)32-25-29-6-5-21(33-25)31-17-11-15-3-2-4-16(26)23(15)34-24(17)37/h2-6,11-13,20H,7-10,14H2,1H3,(H,34,37)(H2,29,31,32,33). The van der Waals surface area contributed by atoms with Crippen molar-refractivity contribution in [1.29, 1.82) is 0 Å². The summed E-state index contributed by atoms with van der Waals surface area (Å²) in [5, 5.41) is 6.54. The number of fused-ring (bicyclic) bond motifs is 1. The molecule has 0 radical (unpaired) electrons. The van der Waals surface area contributed by atoms with Gasteiger partial charge in [-0.25, -0.2) is 23.1 Å². The summed E-state index contributed by atoms with van der Waals surface area (Å²) in [4.78, 5) is 31.9. The topological polar surface area (TPSA) is 111 Å². The number of halogens is 3. The lowest BCUT2D eigenvalue weighted by atomic mass is 10.2. The van der Waals surface area contributed by atoms with Crippen molar-refractivity contribution in [2.45, 2.75) is 6.43 Å². The van der Waals surface area contributed by atoms with Crippen molar-refractivity contribution in [3.05, 3.63) is 65.0 Å². The molecule has 0 aliphatic carbocycles. The van der Waals surface area contributed by atoms with Gasteiger partial charge in [0.05, 0.1) is 25.4 Å². The Morgan fingerprint density at radius 3 is 2.66 bits per heavy atom. The van der Waals surface area contributed by atoms with Crippen molar-refractivity contribution >= 4 is 39.9 Å². The Morgan fingerprint density at radius 2 is 1.89 bits per heavy atom. The number of aromatic amines is 1. The third-order valence-electron chi connectivity index (χ3n) is 6.16. The van der Waals surface area contributed by atoms with E-state index in [1.165, 1.54) is 19.4 Å². The maximum absolute atomic E-state index is 14.0. The number of H-pyrrole nitrogens is 1. The number of methoxy groups -OCH3 is 1. The molecule has 1 aromatic carbocycles. The summed E-state index contributed by atoms with van der Waals surface area (Å²) in [6, 6.07) is 9.44. The number of piperazine rings is 1. The third-order valence-corrected chi connectivity index (χ3v) is 6.16. The number of hydrogen-bond acceptors (Lipinski definition) is 9.